The Bertz CT molecular complexity index is 436. The first-order valence-electron chi connectivity index (χ1n) is 4.52. The molecule has 2 atom stereocenters. The highest BCUT2D eigenvalue weighted by molar-refractivity contribution is 5.90. The summed E-state index contributed by atoms with van der Waals surface area (Å²) in [5.74, 6) is -1.10. The maximum absolute atomic E-state index is 10.9. The second-order valence-corrected chi connectivity index (χ2v) is 3.39. The van der Waals surface area contributed by atoms with Gasteiger partial charge in [0.2, 0.25) is 0 Å². The van der Waals surface area contributed by atoms with Crippen LogP contribution in [0.25, 0.3) is 0 Å². The minimum Gasteiger partial charge on any atom is -0.478 e. The molecule has 0 spiro atoms. The van der Waals surface area contributed by atoms with Gasteiger partial charge in [0.05, 0.1) is 17.8 Å². The van der Waals surface area contributed by atoms with E-state index in [4.69, 9.17) is 5.11 Å². The zero-order valence-corrected chi connectivity index (χ0v) is 7.79. The third-order valence-corrected chi connectivity index (χ3v) is 2.46. The highest BCUT2D eigenvalue weighted by atomic mass is 16.4. The first-order chi connectivity index (χ1) is 7.11. The maximum atomic E-state index is 10.9. The number of aliphatic hydroxyl groups excluding tert-OH is 2. The Morgan fingerprint density at radius 1 is 1.13 bits per heavy atom. The molecule has 0 aromatic heterocycles. The predicted octanol–water partition coefficient (Wildman–Crippen LogP) is 1.02. The van der Waals surface area contributed by atoms with Crippen molar-refractivity contribution in [3.05, 3.63) is 47.0 Å². The molecule has 1 aliphatic rings. The van der Waals surface area contributed by atoms with Gasteiger partial charge in [-0.05, 0) is 11.6 Å². The van der Waals surface area contributed by atoms with Gasteiger partial charge in [0, 0.05) is 5.56 Å². The van der Waals surface area contributed by atoms with Crippen molar-refractivity contribution >= 4 is 5.97 Å². The van der Waals surface area contributed by atoms with Gasteiger partial charge in [0.15, 0.2) is 0 Å². The van der Waals surface area contributed by atoms with Crippen LogP contribution in [-0.4, -0.2) is 21.3 Å². The minimum absolute atomic E-state index is 0.0309. The lowest BCUT2D eigenvalue weighted by Gasteiger charge is -2.22. The van der Waals surface area contributed by atoms with Crippen LogP contribution in [0.2, 0.25) is 0 Å². The van der Waals surface area contributed by atoms with E-state index in [2.05, 4.69) is 0 Å². The summed E-state index contributed by atoms with van der Waals surface area (Å²) in [5.41, 5.74) is 0.758. The van der Waals surface area contributed by atoms with E-state index in [1.807, 2.05) is 0 Å². The average molecular weight is 206 g/mol. The molecule has 2 unspecified atom stereocenters. The van der Waals surface area contributed by atoms with Gasteiger partial charge in [0.25, 0.3) is 0 Å². The highest BCUT2D eigenvalue weighted by Gasteiger charge is 2.24. The fourth-order valence-corrected chi connectivity index (χ4v) is 1.77. The van der Waals surface area contributed by atoms with Gasteiger partial charge in [0.1, 0.15) is 0 Å². The number of rotatable bonds is 1. The molecule has 0 aliphatic heterocycles. The number of fused-ring (bicyclic) bond motifs is 1. The molecule has 0 fully saturated rings. The molecular formula is C11H10O4. The lowest BCUT2D eigenvalue weighted by molar-refractivity contribution is 0.0690. The first kappa shape index (κ1) is 9.89. The number of hydrogen-bond acceptors (Lipinski definition) is 3. The Balaban J connectivity index is 2.65. The van der Waals surface area contributed by atoms with Gasteiger partial charge in [-0.2, -0.15) is 0 Å². The van der Waals surface area contributed by atoms with Gasteiger partial charge in [-0.1, -0.05) is 24.3 Å². The molecular weight excluding hydrogens is 196 g/mol. The monoisotopic (exact) mass is 206 g/mol. The van der Waals surface area contributed by atoms with Crippen LogP contribution in [0.3, 0.4) is 0 Å². The van der Waals surface area contributed by atoms with Crippen molar-refractivity contribution < 1.29 is 20.1 Å². The van der Waals surface area contributed by atoms with Crippen LogP contribution in [0.4, 0.5) is 0 Å². The highest BCUT2D eigenvalue weighted by Crippen LogP contribution is 2.33. The average Bonchev–Trinajstić information content (AvgIpc) is 2.23. The van der Waals surface area contributed by atoms with Gasteiger partial charge in [-0.3, -0.25) is 0 Å². The molecule has 4 nitrogen and oxygen atoms in total. The number of aromatic carboxylic acids is 1. The fourth-order valence-electron chi connectivity index (χ4n) is 1.77. The molecule has 4 heteroatoms. The van der Waals surface area contributed by atoms with E-state index in [0.29, 0.717) is 5.56 Å². The second kappa shape index (κ2) is 3.49. The maximum Gasteiger partial charge on any atom is 0.336 e. The van der Waals surface area contributed by atoms with Crippen molar-refractivity contribution in [1.29, 1.82) is 0 Å². The van der Waals surface area contributed by atoms with Gasteiger partial charge in [-0.15, -0.1) is 0 Å². The van der Waals surface area contributed by atoms with Crippen LogP contribution < -0.4 is 0 Å². The second-order valence-electron chi connectivity index (χ2n) is 3.39. The molecule has 78 valence electrons. The van der Waals surface area contributed by atoms with Crippen molar-refractivity contribution in [2.45, 2.75) is 12.2 Å². The van der Waals surface area contributed by atoms with E-state index in [1.165, 1.54) is 18.2 Å². The lowest BCUT2D eigenvalue weighted by Crippen LogP contribution is -2.14. The Morgan fingerprint density at radius 3 is 2.47 bits per heavy atom. The molecule has 2 rings (SSSR count). The molecule has 1 aromatic carbocycles. The summed E-state index contributed by atoms with van der Waals surface area (Å²) in [6.45, 7) is 0. The normalized spacial score (nSPS) is 23.6. The largest absolute Gasteiger partial charge is 0.478 e. The quantitative estimate of drug-likeness (QED) is 0.599. The number of carbonyl (C=O) groups is 1. The Kier molecular flexibility index (Phi) is 2.30. The predicted molar refractivity (Wildman–Crippen MR) is 52.5 cm³/mol. The molecule has 0 saturated heterocycles. The van der Waals surface area contributed by atoms with Crippen molar-refractivity contribution in [2.75, 3.05) is 0 Å². The summed E-state index contributed by atoms with van der Waals surface area (Å²) in [7, 11) is 0. The van der Waals surface area contributed by atoms with Crippen molar-refractivity contribution in [1.82, 2.24) is 0 Å². The molecule has 1 aliphatic carbocycles. The first-order valence-corrected chi connectivity index (χ1v) is 4.52. The smallest absolute Gasteiger partial charge is 0.336 e. The summed E-state index contributed by atoms with van der Waals surface area (Å²) >= 11 is 0. The van der Waals surface area contributed by atoms with E-state index >= 15 is 0 Å². The van der Waals surface area contributed by atoms with Gasteiger partial charge in [-0.25, -0.2) is 4.79 Å². The summed E-state index contributed by atoms with van der Waals surface area (Å²) in [6, 6.07) is 4.58. The Morgan fingerprint density at radius 2 is 1.80 bits per heavy atom. The van der Waals surface area contributed by atoms with Crippen LogP contribution in [0, 0.1) is 0 Å². The number of aliphatic hydroxyl groups is 2. The number of benzene rings is 1. The van der Waals surface area contributed by atoms with Crippen molar-refractivity contribution in [3.63, 3.8) is 0 Å². The van der Waals surface area contributed by atoms with Crippen LogP contribution in [0.15, 0.2) is 30.4 Å². The van der Waals surface area contributed by atoms with E-state index < -0.39 is 18.2 Å². The van der Waals surface area contributed by atoms with E-state index in [-0.39, 0.29) is 11.1 Å². The number of carboxylic acid groups (broad SMARTS) is 1. The zero-order chi connectivity index (χ0) is 11.0. The van der Waals surface area contributed by atoms with Gasteiger partial charge >= 0.3 is 5.97 Å². The molecule has 0 bridgehead atoms. The fraction of sp³-hybridized carbons (Fsp3) is 0.182. The minimum atomic E-state index is -1.10. The summed E-state index contributed by atoms with van der Waals surface area (Å²) < 4.78 is 0. The lowest BCUT2D eigenvalue weighted by atomic mass is 9.89. The standard InChI is InChI=1S/C11H10O4/c12-8-4-5-9(13)10-6(8)2-1-3-7(10)11(14)15/h1-5,8-9,12-13H,(H,14,15). The third kappa shape index (κ3) is 1.54. The molecule has 1 aromatic rings. The molecule has 15 heavy (non-hydrogen) atoms. The summed E-state index contributed by atoms with van der Waals surface area (Å²) in [6.07, 6.45) is 1.02. The number of hydrogen-bond donors (Lipinski definition) is 3. The molecule has 3 N–H and O–H groups in total. The third-order valence-electron chi connectivity index (χ3n) is 2.46. The molecule has 0 amide bonds. The number of carboxylic acids is 1. The van der Waals surface area contributed by atoms with Crippen LogP contribution >= 0.6 is 0 Å². The van der Waals surface area contributed by atoms with E-state index in [1.54, 1.807) is 12.1 Å². The molecule has 0 saturated carbocycles. The van der Waals surface area contributed by atoms with Crippen LogP contribution in [0.1, 0.15) is 33.7 Å². The SMILES string of the molecule is O=C(O)c1cccc2c1C(O)C=CC2O. The van der Waals surface area contributed by atoms with Crippen LogP contribution in [0.5, 0.6) is 0 Å². The van der Waals surface area contributed by atoms with Gasteiger partial charge < -0.3 is 15.3 Å². The van der Waals surface area contributed by atoms with E-state index in [9.17, 15) is 15.0 Å². The topological polar surface area (TPSA) is 77.8 Å². The molecule has 0 heterocycles. The van der Waals surface area contributed by atoms with Crippen molar-refractivity contribution in [3.8, 4) is 0 Å². The zero-order valence-electron chi connectivity index (χ0n) is 7.79. The Hall–Kier alpha value is -1.65. The molecule has 0 radical (unpaired) electrons. The summed E-state index contributed by atoms with van der Waals surface area (Å²) in [5, 5.41) is 28.2. The Labute approximate surface area is 86.1 Å². The van der Waals surface area contributed by atoms with Crippen LogP contribution in [-0.2, 0) is 0 Å². The van der Waals surface area contributed by atoms with Crippen molar-refractivity contribution in [2.24, 2.45) is 0 Å². The van der Waals surface area contributed by atoms with E-state index in [0.717, 1.165) is 0 Å². The summed E-state index contributed by atoms with van der Waals surface area (Å²) in [4.78, 5) is 10.9.